The molecule has 142 heavy (non-hydrogen) atoms. The number of amides is 15. The average Bonchev–Trinajstić information content (AvgIpc) is 1.64. The number of rotatable bonds is 47. The molecule has 6 rings (SSSR count). The van der Waals surface area contributed by atoms with Crippen LogP contribution in [0.15, 0.2) is 79.0 Å². The van der Waals surface area contributed by atoms with Gasteiger partial charge in [0, 0.05) is 93.7 Å². The van der Waals surface area contributed by atoms with Crippen LogP contribution in [0.2, 0.25) is 0 Å². The average molecular weight is 2030 g/mol. The molecule has 3 heterocycles. The highest BCUT2D eigenvalue weighted by atomic mass is 33.1. The number of carboxylic acid groups (broad SMARTS) is 1. The zero-order valence-corrected chi connectivity index (χ0v) is 80.7. The predicted molar refractivity (Wildman–Crippen MR) is 532 cm³/mol. The summed E-state index contributed by atoms with van der Waals surface area (Å²) >= 11 is 0. The highest BCUT2D eigenvalue weighted by molar-refractivity contribution is 8.76. The summed E-state index contributed by atoms with van der Waals surface area (Å²) in [6.07, 6.45) is 0.0551. The lowest BCUT2D eigenvalue weighted by Crippen LogP contribution is -2.61. The van der Waals surface area contributed by atoms with Gasteiger partial charge in [0.15, 0.2) is 29.8 Å². The Morgan fingerprint density at radius 3 is 1.32 bits per heavy atom. The summed E-state index contributed by atoms with van der Waals surface area (Å²) in [6.45, 7) is -0.152. The van der Waals surface area contributed by atoms with Gasteiger partial charge < -0.3 is 173 Å². The van der Waals surface area contributed by atoms with E-state index in [9.17, 15) is 29.7 Å². The Morgan fingerprint density at radius 2 is 0.845 bits per heavy atom. The van der Waals surface area contributed by atoms with Gasteiger partial charge in [0.05, 0.1) is 6.04 Å². The number of nitrogens with zero attached hydrogens (tertiary/aromatic N) is 1. The summed E-state index contributed by atoms with van der Waals surface area (Å²) < 4.78 is 0. The molecule has 0 aliphatic carbocycles. The number of phenols is 2. The maximum Gasteiger partial charge on any atom is 0.326 e. The number of primary amides is 1. The van der Waals surface area contributed by atoms with Gasteiger partial charge in [-0.25, -0.2) is 9.59 Å². The monoisotopic (exact) mass is 2030 g/mol. The summed E-state index contributed by atoms with van der Waals surface area (Å²) in [6, 6.07) is -5.84. The molecular weight excluding hydrogens is 1890 g/mol. The summed E-state index contributed by atoms with van der Waals surface area (Å²) in [7, 11) is 1.45. The minimum Gasteiger partial charge on any atom is -0.508 e. The van der Waals surface area contributed by atoms with Gasteiger partial charge in [-0.05, 0) is 189 Å². The molecule has 0 radical (unpaired) electrons. The van der Waals surface area contributed by atoms with E-state index in [4.69, 9.17) is 78.6 Å². The molecule has 1 aromatic heterocycles. The van der Waals surface area contributed by atoms with E-state index in [0.717, 1.165) is 21.6 Å². The first-order chi connectivity index (χ1) is 67.7. The van der Waals surface area contributed by atoms with Crippen LogP contribution in [0.4, 0.5) is 4.79 Å². The van der Waals surface area contributed by atoms with Crippen LogP contribution in [0.1, 0.15) is 145 Å². The molecule has 45 N–H and O–H groups in total. The van der Waals surface area contributed by atoms with Gasteiger partial charge in [-0.1, -0.05) is 64.1 Å². The zero-order chi connectivity index (χ0) is 104. The largest absolute Gasteiger partial charge is 0.508 e. The van der Waals surface area contributed by atoms with E-state index in [1.807, 2.05) is 0 Å². The summed E-state index contributed by atoms with van der Waals surface area (Å²) in [4.78, 5) is 228. The molecule has 2 aliphatic rings. The van der Waals surface area contributed by atoms with Crippen LogP contribution in [0.5, 0.6) is 11.5 Å². The van der Waals surface area contributed by atoms with Crippen LogP contribution < -0.4 is 147 Å². The number of nitrogens with two attached hydrogens (primary N) is 9. The number of guanidine groups is 5. The molecule has 0 spiro atoms. The SMILES string of the molecule is N=C(N)NCCC[C@H](NC(=O)[C@@H]1CSSC[C@H](NC(=O)[C@H](CCCNC(=N)N)NC(=O)[C@H](Cc2c[nH]c3ccccc23)NC(=O)[C@@H](N)CCCNC(=N)N)C(=O)N[C@@H](Cc2ccc(O)cc2)C(=O)N[C@@H](CCCNC(=N)N)C(=O)N[C@@H](CCCCN)C(=O)N[C@H](CCCCN)C(=O)N2CCC[C@H]2C(=O)N[C@@H](Cc2ccc(O)cc2)C(=O)N[C@@H](CCCNC(=N)N)C(=O)N[C@@H](CCCNC(N)=O)C(=O)N1)C(=O)O. The summed E-state index contributed by atoms with van der Waals surface area (Å²) in [5, 5.41) is 119. The van der Waals surface area contributed by atoms with E-state index in [0.29, 0.717) is 34.9 Å². The number of H-pyrrole nitrogens is 1. The van der Waals surface area contributed by atoms with Gasteiger partial charge >= 0.3 is 12.0 Å². The number of unbranched alkanes of at least 4 members (excludes halogenated alkanes) is 2. The van der Waals surface area contributed by atoms with Crippen LogP contribution in [0, 0.1) is 27.0 Å². The molecule has 0 bridgehead atoms. The third-order valence-corrected chi connectivity index (χ3v) is 25.4. The Balaban J connectivity index is 1.60. The fourth-order valence-corrected chi connectivity index (χ4v) is 17.7. The van der Waals surface area contributed by atoms with Crippen molar-refractivity contribution in [1.29, 1.82) is 27.0 Å². The number of aromatic nitrogens is 1. The molecule has 3 aromatic carbocycles. The molecule has 54 heteroatoms. The summed E-state index contributed by atoms with van der Waals surface area (Å²) in [5.74, 6) is -18.5. The molecule has 14 atom stereocenters. The maximum atomic E-state index is 15.9. The number of phenolic OH excluding ortho intramolecular Hbond substituents is 2. The first kappa shape index (κ1) is 116. The van der Waals surface area contributed by atoms with E-state index < -0.39 is 222 Å². The maximum absolute atomic E-state index is 15.9. The van der Waals surface area contributed by atoms with Crippen LogP contribution in [0.25, 0.3) is 10.9 Å². The van der Waals surface area contributed by atoms with Gasteiger partial charge in [0.2, 0.25) is 76.8 Å². The molecule has 2 fully saturated rings. The van der Waals surface area contributed by atoms with Crippen LogP contribution in [-0.2, 0) is 86.4 Å². The van der Waals surface area contributed by atoms with Crippen molar-refractivity contribution in [2.75, 3.05) is 70.4 Å². The molecule has 2 aliphatic heterocycles. The normalized spacial score (nSPS) is 20.3. The number of aromatic amines is 1. The van der Waals surface area contributed by atoms with Crippen molar-refractivity contribution in [3.05, 3.63) is 95.7 Å². The van der Waals surface area contributed by atoms with E-state index >= 15 is 57.5 Å². The first-order valence-corrected chi connectivity index (χ1v) is 49.3. The number of carbonyl (C=O) groups is 15. The van der Waals surface area contributed by atoms with Gasteiger partial charge in [-0.15, -0.1) is 0 Å². The predicted octanol–water partition coefficient (Wildman–Crippen LogP) is -6.75. The Hall–Kier alpha value is -14.4. The lowest BCUT2D eigenvalue weighted by Gasteiger charge is -2.31. The van der Waals surface area contributed by atoms with E-state index in [2.05, 4.69) is 101 Å². The second-order valence-corrected chi connectivity index (χ2v) is 36.7. The molecule has 15 amide bonds. The van der Waals surface area contributed by atoms with Crippen LogP contribution >= 0.6 is 21.6 Å². The quantitative estimate of drug-likeness (QED) is 0.00846. The minimum atomic E-state index is -1.91. The molecule has 2 saturated heterocycles. The summed E-state index contributed by atoms with van der Waals surface area (Å²) in [5.41, 5.74) is 53.7. The van der Waals surface area contributed by atoms with Crippen molar-refractivity contribution in [1.82, 2.24) is 106 Å². The zero-order valence-electron chi connectivity index (χ0n) is 79.1. The fraction of sp³-hybridized carbons (Fsp3) is 0.545. The van der Waals surface area contributed by atoms with Gasteiger partial charge in [0.1, 0.15) is 90.0 Å². The van der Waals surface area contributed by atoms with Gasteiger partial charge in [0.25, 0.3) is 0 Å². The van der Waals surface area contributed by atoms with Crippen molar-refractivity contribution < 1.29 is 87.2 Å². The Morgan fingerprint density at radius 1 is 0.437 bits per heavy atom. The molecule has 4 aromatic rings. The number of hydrogen-bond acceptors (Lipinski definition) is 27. The molecule has 52 nitrogen and oxygen atoms in total. The topological polar surface area (TPSA) is 906 Å². The van der Waals surface area contributed by atoms with Crippen LogP contribution in [0.3, 0.4) is 0 Å². The number of para-hydroxylation sites is 1. The van der Waals surface area contributed by atoms with E-state index in [1.165, 1.54) is 53.4 Å². The standard InChI is InChI=1S/C88H140N34O18S2/c89-33-5-3-17-56-72(128)115-61(18-4-6-34-90)81(137)122-41-13-24-68(122)80(136)119-64(43-49-27-31-52(124)32-28-49)76(132)113-58(20-9-37-105-85(96)97)71(127)111-59(22-11-40-108-88(102)140)73(129)120-66(78(134)116-62(82(138)139)23-12-39-107-87(100)101)46-141-142-47-67(79(135)118-63(42-48-25-29-51(123)30-26-48)75(131)112-57(70(126)110-56)19-8-36-104-84(94)95)121-74(130)60(21-10-38-106-86(98)99)114-77(133)65(44-50-45-109-55-16-2-1-14-53(50)55)117-69(125)54(91)15-7-35-103-83(92)93/h1-2,14,16,25-32,45,54,56-68,109,123-124H,3-13,15,17-24,33-44,46-47,89-91H2,(H,110,126)(H,111,127)(H,112,131)(H,113,132)(H,114,133)(H,115,128)(H,116,134)(H,117,125)(H,118,135)(H,119,136)(H,120,129)(H,121,130)(H,138,139)(H4,92,93,103)(H4,94,95,104)(H4,96,97,105)(H4,98,99,106)(H4,100,101,107)(H3,102,108,140)/t54-,56-,57-,58-,59-,60-,61+,62-,63-,64-,65-,66-,67-,68-/m0/s1. The number of nitrogens with one attached hydrogen (secondary N) is 24. The third kappa shape index (κ3) is 42.3. The molecule has 0 unspecified atom stereocenters. The minimum absolute atomic E-state index is 0.0112. The number of carbonyl (C=O) groups excluding carboxylic acids is 14. The molecule has 0 saturated carbocycles. The lowest BCUT2D eigenvalue weighted by molar-refractivity contribution is -0.142. The number of carboxylic acids is 1. The number of fused-ring (bicyclic) bond motifs is 2. The smallest absolute Gasteiger partial charge is 0.326 e. The second kappa shape index (κ2) is 61.9. The molecule has 782 valence electrons. The Kier molecular flexibility index (Phi) is 50.7. The number of aromatic hydroxyl groups is 2. The van der Waals surface area contributed by atoms with Crippen LogP contribution in [-0.4, -0.2) is 299 Å². The van der Waals surface area contributed by atoms with Crippen molar-refractivity contribution >= 4 is 151 Å². The van der Waals surface area contributed by atoms with E-state index in [1.54, 1.807) is 30.5 Å². The number of benzene rings is 3. The van der Waals surface area contributed by atoms with Crippen molar-refractivity contribution in [3.8, 4) is 11.5 Å². The number of urea groups is 1. The first-order valence-electron chi connectivity index (χ1n) is 46.9. The van der Waals surface area contributed by atoms with Gasteiger partial charge in [-0.2, -0.15) is 0 Å². The highest BCUT2D eigenvalue weighted by Crippen LogP contribution is 2.27. The van der Waals surface area contributed by atoms with Gasteiger partial charge in [-0.3, -0.25) is 89.4 Å². The highest BCUT2D eigenvalue weighted by Gasteiger charge is 2.43. The second-order valence-electron chi connectivity index (χ2n) is 34.2. The van der Waals surface area contributed by atoms with Crippen molar-refractivity contribution in [3.63, 3.8) is 0 Å². The third-order valence-electron chi connectivity index (χ3n) is 22.9. The Labute approximate surface area is 828 Å². The lowest BCUT2D eigenvalue weighted by atomic mass is 10.0. The molecular formula is C88H140N34O18S2. The van der Waals surface area contributed by atoms with Crippen molar-refractivity contribution in [2.45, 2.75) is 232 Å². The van der Waals surface area contributed by atoms with Crippen molar-refractivity contribution in [2.24, 2.45) is 51.6 Å². The van der Waals surface area contributed by atoms with E-state index in [-0.39, 0.29) is 204 Å². The number of hydrogen-bond donors (Lipinski definition) is 36. The Bertz CT molecular complexity index is 4930. The fourth-order valence-electron chi connectivity index (χ4n) is 15.4. The number of aliphatic carboxylic acids is 1.